The first-order chi connectivity index (χ1) is 24.3. The Bertz CT molecular complexity index is 1870. The highest BCUT2D eigenvalue weighted by atomic mass is 35.5. The average Bonchev–Trinajstić information content (AvgIpc) is 3.04. The number of amides is 3. The van der Waals surface area contributed by atoms with Crippen LogP contribution in [0.25, 0.3) is 0 Å². The topological polar surface area (TPSA) is 191 Å². The number of carboxylic acids is 2. The van der Waals surface area contributed by atoms with Crippen LogP contribution in [0.3, 0.4) is 0 Å². The number of likely N-dealkylation sites (tertiary alicyclic amines) is 1. The summed E-state index contributed by atoms with van der Waals surface area (Å²) >= 11 is 13.1. The van der Waals surface area contributed by atoms with Gasteiger partial charge in [0.25, 0.3) is 0 Å². The Morgan fingerprint density at radius 2 is 1.48 bits per heavy atom. The van der Waals surface area contributed by atoms with Crippen molar-refractivity contribution in [3.05, 3.63) is 92.2 Å². The van der Waals surface area contributed by atoms with Crippen LogP contribution >= 0.6 is 23.2 Å². The number of carboxylic acid groups (broad SMARTS) is 2. The van der Waals surface area contributed by atoms with Gasteiger partial charge >= 0.3 is 18.0 Å². The summed E-state index contributed by atoms with van der Waals surface area (Å²) in [5, 5.41) is 29.4. The molecule has 16 heteroatoms. The third-order valence-electron chi connectivity index (χ3n) is 8.44. The van der Waals surface area contributed by atoms with Crippen LogP contribution in [0.1, 0.15) is 70.9 Å². The fraction of sp³-hybridized carbons (Fsp3) is 0.389. The zero-order chi connectivity index (χ0) is 38.5. The Hall–Kier alpha value is -4.66. The number of benzene rings is 2. The van der Waals surface area contributed by atoms with E-state index in [9.17, 15) is 38.4 Å². The molecule has 2 aromatic rings. The van der Waals surface area contributed by atoms with Crippen molar-refractivity contribution < 1.29 is 43.1 Å². The summed E-state index contributed by atoms with van der Waals surface area (Å²) in [6.45, 7) is 8.63. The molecule has 2 aliphatic heterocycles. The summed E-state index contributed by atoms with van der Waals surface area (Å²) in [4.78, 5) is 66.6. The summed E-state index contributed by atoms with van der Waals surface area (Å²) in [5.74, 6) is -5.53. The van der Waals surface area contributed by atoms with Gasteiger partial charge in [-0.3, -0.25) is 9.59 Å². The largest absolute Gasteiger partial charge is 0.478 e. The summed E-state index contributed by atoms with van der Waals surface area (Å²) in [5.41, 5.74) is -2.94. The van der Waals surface area contributed by atoms with Gasteiger partial charge in [-0.1, -0.05) is 59.6 Å². The lowest BCUT2D eigenvalue weighted by Crippen LogP contribution is -2.58. The Kier molecular flexibility index (Phi) is 12.6. The van der Waals surface area contributed by atoms with Crippen molar-refractivity contribution in [2.24, 2.45) is 0 Å². The van der Waals surface area contributed by atoms with E-state index < -0.39 is 64.5 Å². The highest BCUT2D eigenvalue weighted by Crippen LogP contribution is 2.45. The average molecular weight is 776 g/mol. The molecular weight excluding hydrogens is 735 g/mol. The second kappa shape index (κ2) is 16.3. The second-order valence-electron chi connectivity index (χ2n) is 13.8. The van der Waals surface area contributed by atoms with Gasteiger partial charge in [-0.2, -0.15) is 0 Å². The standard InChI is InChI=1S/C36H40Cl2N4O9S/c1-35(2,3)51-34(49)41-36(4,5)33(48)39-20-14-16-42(17-15-20)24(43)18-23-26(31(44)45)27(25-21(37)12-9-13-22(25)38)28(32(46)47)29(40-23)30(52-50)19-10-7-6-8-11-19/h6-13,20,27,40H,14-18H2,1-5H3,(H,39,48)(H,41,49)(H,44,45)(H,46,47). The third kappa shape index (κ3) is 9.41. The molecular formula is C36H40Cl2N4O9S. The smallest absolute Gasteiger partial charge is 0.408 e. The van der Waals surface area contributed by atoms with Crippen LogP contribution in [0.5, 0.6) is 0 Å². The Balaban J connectivity index is 1.62. The zero-order valence-electron chi connectivity index (χ0n) is 29.2. The first kappa shape index (κ1) is 40.1. The van der Waals surface area contributed by atoms with Crippen LogP contribution in [0.4, 0.5) is 4.79 Å². The molecule has 0 bridgehead atoms. The normalized spacial score (nSPS) is 16.8. The molecule has 2 heterocycles. The lowest BCUT2D eigenvalue weighted by molar-refractivity contribution is -0.133. The summed E-state index contributed by atoms with van der Waals surface area (Å²) in [6, 6.07) is 12.3. The predicted octanol–water partition coefficient (Wildman–Crippen LogP) is 4.59. The lowest BCUT2D eigenvalue weighted by atomic mass is 9.78. The van der Waals surface area contributed by atoms with E-state index in [2.05, 4.69) is 16.0 Å². The van der Waals surface area contributed by atoms with Crippen LogP contribution in [-0.4, -0.2) is 84.3 Å². The Morgan fingerprint density at radius 1 is 0.904 bits per heavy atom. The molecule has 2 aliphatic rings. The SMILES string of the molecule is CC(C)(C)OC(=O)NC(C)(C)C(=O)NC1CCN(C(=O)CC2=C(C(=O)O)C(c3c(Cl)cccc3Cl)C(C(=O)O)=C(C(=S=O)c3ccccc3)N2)CC1. The molecule has 5 N–H and O–H groups in total. The molecule has 1 fully saturated rings. The number of dihydropyridines is 1. The van der Waals surface area contributed by atoms with Crippen molar-refractivity contribution in [2.45, 2.75) is 77.0 Å². The van der Waals surface area contributed by atoms with E-state index in [0.29, 0.717) is 18.4 Å². The molecule has 1 unspecified atom stereocenters. The van der Waals surface area contributed by atoms with Gasteiger partial charge in [0.15, 0.2) is 0 Å². The molecule has 0 spiro atoms. The summed E-state index contributed by atoms with van der Waals surface area (Å²) in [6.07, 6.45) is -0.507. The number of carbonyl (C=O) groups excluding carboxylic acids is 3. The summed E-state index contributed by atoms with van der Waals surface area (Å²) in [7, 11) is 0. The highest BCUT2D eigenvalue weighted by molar-refractivity contribution is 7.67. The number of rotatable bonds is 10. The van der Waals surface area contributed by atoms with E-state index in [1.165, 1.54) is 23.1 Å². The van der Waals surface area contributed by atoms with E-state index in [1.807, 2.05) is 0 Å². The molecule has 4 rings (SSSR count). The van der Waals surface area contributed by atoms with Crippen LogP contribution in [0.2, 0.25) is 10.0 Å². The number of nitrogens with one attached hydrogen (secondary N) is 3. The molecule has 0 saturated carbocycles. The van der Waals surface area contributed by atoms with Crippen LogP contribution in [0.15, 0.2) is 71.1 Å². The van der Waals surface area contributed by atoms with E-state index in [0.717, 1.165) is 0 Å². The van der Waals surface area contributed by atoms with Gasteiger partial charge in [-0.15, -0.1) is 0 Å². The van der Waals surface area contributed by atoms with Gasteiger partial charge in [0.05, 0.1) is 45.3 Å². The number of hydrogen-bond donors (Lipinski definition) is 5. The van der Waals surface area contributed by atoms with Crippen molar-refractivity contribution >= 4 is 69.2 Å². The molecule has 0 aliphatic carbocycles. The molecule has 52 heavy (non-hydrogen) atoms. The molecule has 0 aromatic heterocycles. The Labute approximate surface area is 314 Å². The number of ether oxygens (including phenoxy) is 1. The van der Waals surface area contributed by atoms with Gasteiger partial charge in [-0.25, -0.2) is 18.6 Å². The van der Waals surface area contributed by atoms with Crippen LogP contribution in [0, 0.1) is 0 Å². The van der Waals surface area contributed by atoms with E-state index >= 15 is 0 Å². The van der Waals surface area contributed by atoms with E-state index in [-0.39, 0.29) is 62.3 Å². The number of halogens is 2. The predicted molar refractivity (Wildman–Crippen MR) is 196 cm³/mol. The molecule has 1 saturated heterocycles. The van der Waals surface area contributed by atoms with Crippen molar-refractivity contribution in [3.8, 4) is 0 Å². The van der Waals surface area contributed by atoms with Gasteiger partial charge in [0.1, 0.15) is 11.1 Å². The minimum atomic E-state index is -1.57. The molecule has 13 nitrogen and oxygen atoms in total. The fourth-order valence-electron chi connectivity index (χ4n) is 5.97. The number of aliphatic carboxylic acids is 2. The first-order valence-corrected chi connectivity index (χ1v) is 17.8. The number of allylic oxidation sites excluding steroid dienone is 1. The lowest BCUT2D eigenvalue weighted by Gasteiger charge is -2.36. The summed E-state index contributed by atoms with van der Waals surface area (Å²) < 4.78 is 17.9. The van der Waals surface area contributed by atoms with Crippen LogP contribution < -0.4 is 16.0 Å². The first-order valence-electron chi connectivity index (χ1n) is 16.3. The maximum atomic E-state index is 13.8. The highest BCUT2D eigenvalue weighted by Gasteiger charge is 2.43. The van der Waals surface area contributed by atoms with Crippen molar-refractivity contribution in [2.75, 3.05) is 13.1 Å². The van der Waals surface area contributed by atoms with Crippen molar-refractivity contribution in [1.29, 1.82) is 0 Å². The minimum Gasteiger partial charge on any atom is -0.478 e. The Morgan fingerprint density at radius 3 is 2.00 bits per heavy atom. The second-order valence-corrected chi connectivity index (χ2v) is 15.2. The van der Waals surface area contributed by atoms with E-state index in [1.54, 1.807) is 65.0 Å². The fourth-order valence-corrected chi connectivity index (χ4v) is 7.06. The van der Waals surface area contributed by atoms with E-state index in [4.69, 9.17) is 27.9 Å². The number of piperidine rings is 1. The molecule has 3 amide bonds. The van der Waals surface area contributed by atoms with Crippen LogP contribution in [-0.2, 0) is 35.2 Å². The maximum Gasteiger partial charge on any atom is 0.408 e. The third-order valence-corrected chi connectivity index (χ3v) is 9.70. The van der Waals surface area contributed by atoms with Crippen molar-refractivity contribution in [3.63, 3.8) is 0 Å². The van der Waals surface area contributed by atoms with Gasteiger partial charge in [0, 0.05) is 40.4 Å². The molecule has 1 atom stereocenters. The molecule has 0 radical (unpaired) electrons. The molecule has 2 aromatic carbocycles. The number of nitrogens with zero attached hydrogens (tertiary/aromatic N) is 1. The van der Waals surface area contributed by atoms with Gasteiger partial charge < -0.3 is 35.8 Å². The number of carbonyl (C=O) groups is 5. The maximum absolute atomic E-state index is 13.8. The van der Waals surface area contributed by atoms with Gasteiger partial charge in [0.2, 0.25) is 11.8 Å². The van der Waals surface area contributed by atoms with Crippen molar-refractivity contribution in [1.82, 2.24) is 20.9 Å². The quantitative estimate of drug-likeness (QED) is 0.169. The number of alkyl carbamates (subject to hydrolysis) is 1. The number of hydrogen-bond acceptors (Lipinski definition) is 8. The minimum absolute atomic E-state index is 0.00599. The van der Waals surface area contributed by atoms with Gasteiger partial charge in [-0.05, 0) is 65.2 Å². The molecule has 278 valence electrons. The monoisotopic (exact) mass is 774 g/mol. The zero-order valence-corrected chi connectivity index (χ0v) is 31.5.